The molecule has 4 nitrogen and oxygen atoms in total. The monoisotopic (exact) mass is 255 g/mol. The van der Waals surface area contributed by atoms with Gasteiger partial charge in [0.05, 0.1) is 11.8 Å². The predicted molar refractivity (Wildman–Crippen MR) is 69.9 cm³/mol. The Morgan fingerprint density at radius 1 is 1.47 bits per heavy atom. The molecule has 1 fully saturated rings. The van der Waals surface area contributed by atoms with Gasteiger partial charge in [0.15, 0.2) is 5.82 Å². The summed E-state index contributed by atoms with van der Waals surface area (Å²) in [5.41, 5.74) is 0. The van der Waals surface area contributed by atoms with E-state index in [1.54, 1.807) is 0 Å². The number of thioether (sulfide) groups is 1. The van der Waals surface area contributed by atoms with E-state index >= 15 is 0 Å². The van der Waals surface area contributed by atoms with Crippen molar-refractivity contribution in [2.75, 3.05) is 6.54 Å². The smallest absolute Gasteiger partial charge is 0.243 e. The average Bonchev–Trinajstić information content (AvgIpc) is 2.98. The van der Waals surface area contributed by atoms with Crippen molar-refractivity contribution in [1.82, 2.24) is 15.5 Å². The molecule has 2 rings (SSSR count). The van der Waals surface area contributed by atoms with E-state index < -0.39 is 0 Å². The van der Waals surface area contributed by atoms with E-state index in [1.165, 1.54) is 25.7 Å². The van der Waals surface area contributed by atoms with Crippen LogP contribution in [0.5, 0.6) is 0 Å². The molecule has 0 amide bonds. The molecule has 96 valence electrons. The highest BCUT2D eigenvalue weighted by atomic mass is 32.2. The molecule has 17 heavy (non-hydrogen) atoms. The van der Waals surface area contributed by atoms with Crippen LogP contribution in [-0.2, 0) is 5.75 Å². The maximum Gasteiger partial charge on any atom is 0.243 e. The Bertz CT molecular complexity index is 336. The first-order valence-corrected chi connectivity index (χ1v) is 7.52. The first kappa shape index (κ1) is 12.9. The zero-order valence-corrected chi connectivity index (χ0v) is 11.4. The minimum absolute atomic E-state index is 0.151. The van der Waals surface area contributed by atoms with Gasteiger partial charge in [-0.3, -0.25) is 0 Å². The molecule has 0 aromatic carbocycles. The van der Waals surface area contributed by atoms with Crippen LogP contribution in [0.2, 0.25) is 0 Å². The number of aromatic nitrogens is 2. The molecule has 0 spiro atoms. The second kappa shape index (κ2) is 6.40. The van der Waals surface area contributed by atoms with Gasteiger partial charge < -0.3 is 9.84 Å². The van der Waals surface area contributed by atoms with Crippen LogP contribution in [0.15, 0.2) is 4.52 Å². The lowest BCUT2D eigenvalue weighted by Crippen LogP contribution is -2.17. The van der Waals surface area contributed by atoms with Crippen molar-refractivity contribution in [2.24, 2.45) is 0 Å². The van der Waals surface area contributed by atoms with Crippen LogP contribution < -0.4 is 5.32 Å². The van der Waals surface area contributed by atoms with Gasteiger partial charge in [-0.25, -0.2) is 0 Å². The van der Waals surface area contributed by atoms with Crippen molar-refractivity contribution < 1.29 is 4.52 Å². The highest BCUT2D eigenvalue weighted by Crippen LogP contribution is 2.31. The van der Waals surface area contributed by atoms with Gasteiger partial charge in [-0.2, -0.15) is 16.7 Å². The van der Waals surface area contributed by atoms with E-state index in [2.05, 4.69) is 22.4 Å². The van der Waals surface area contributed by atoms with Crippen LogP contribution >= 0.6 is 11.8 Å². The zero-order chi connectivity index (χ0) is 12.1. The van der Waals surface area contributed by atoms with E-state index in [-0.39, 0.29) is 6.04 Å². The van der Waals surface area contributed by atoms with Crippen LogP contribution in [-0.4, -0.2) is 21.9 Å². The number of nitrogens with one attached hydrogen (secondary N) is 1. The third-order valence-corrected chi connectivity index (χ3v) is 4.48. The summed E-state index contributed by atoms with van der Waals surface area (Å²) in [6.45, 7) is 5.03. The van der Waals surface area contributed by atoms with Crippen LogP contribution in [0, 0.1) is 0 Å². The largest absolute Gasteiger partial charge is 0.338 e. The Kier molecular flexibility index (Phi) is 4.86. The van der Waals surface area contributed by atoms with Gasteiger partial charge in [0, 0.05) is 5.25 Å². The van der Waals surface area contributed by atoms with Gasteiger partial charge in [0.2, 0.25) is 5.89 Å². The average molecular weight is 255 g/mol. The molecule has 0 radical (unpaired) electrons. The minimum Gasteiger partial charge on any atom is -0.338 e. The Hall–Kier alpha value is -0.550. The van der Waals surface area contributed by atoms with Crippen LogP contribution in [0.3, 0.4) is 0 Å². The van der Waals surface area contributed by atoms with Crippen molar-refractivity contribution in [3.63, 3.8) is 0 Å². The number of nitrogens with zero attached hydrogens (tertiary/aromatic N) is 2. The lowest BCUT2D eigenvalue weighted by Gasteiger charge is -2.06. The number of rotatable bonds is 6. The van der Waals surface area contributed by atoms with Gasteiger partial charge >= 0.3 is 0 Å². The molecule has 1 saturated carbocycles. The molecule has 1 aliphatic carbocycles. The summed E-state index contributed by atoms with van der Waals surface area (Å²) in [5.74, 6) is 2.42. The normalized spacial score (nSPS) is 18.7. The Morgan fingerprint density at radius 3 is 2.94 bits per heavy atom. The summed E-state index contributed by atoms with van der Waals surface area (Å²) in [6.07, 6.45) is 5.46. The molecule has 1 aliphatic rings. The van der Waals surface area contributed by atoms with E-state index in [9.17, 15) is 0 Å². The lowest BCUT2D eigenvalue weighted by atomic mass is 10.3. The summed E-state index contributed by atoms with van der Waals surface area (Å²) in [4.78, 5) is 4.43. The van der Waals surface area contributed by atoms with E-state index in [4.69, 9.17) is 4.52 Å². The summed E-state index contributed by atoms with van der Waals surface area (Å²) in [7, 11) is 0. The molecule has 1 aromatic rings. The molecule has 1 atom stereocenters. The maximum atomic E-state index is 5.26. The summed E-state index contributed by atoms with van der Waals surface area (Å²) < 4.78 is 5.26. The number of hydrogen-bond acceptors (Lipinski definition) is 5. The fourth-order valence-corrected chi connectivity index (χ4v) is 3.31. The van der Waals surface area contributed by atoms with Gasteiger partial charge in [0.25, 0.3) is 0 Å². The highest BCUT2D eigenvalue weighted by Gasteiger charge is 2.17. The standard InChI is InChI=1S/C12H21N3OS/c1-3-13-9(2)12-14-11(15-16-12)8-17-10-6-4-5-7-10/h9-10,13H,3-8H2,1-2H3. The second-order valence-corrected chi connectivity index (χ2v) is 5.83. The third kappa shape index (κ3) is 3.71. The fraction of sp³-hybridized carbons (Fsp3) is 0.833. The predicted octanol–water partition coefficient (Wildman–Crippen LogP) is 2.92. The molecular weight excluding hydrogens is 234 g/mol. The Morgan fingerprint density at radius 2 is 2.24 bits per heavy atom. The lowest BCUT2D eigenvalue weighted by molar-refractivity contribution is 0.339. The third-order valence-electron chi connectivity index (χ3n) is 3.11. The van der Waals surface area contributed by atoms with Crippen LogP contribution in [0.4, 0.5) is 0 Å². The highest BCUT2D eigenvalue weighted by molar-refractivity contribution is 7.99. The van der Waals surface area contributed by atoms with E-state index in [1.807, 2.05) is 18.7 Å². The molecule has 0 bridgehead atoms. The first-order valence-electron chi connectivity index (χ1n) is 6.47. The molecule has 0 aliphatic heterocycles. The van der Waals surface area contributed by atoms with Crippen molar-refractivity contribution in [3.05, 3.63) is 11.7 Å². The van der Waals surface area contributed by atoms with Crippen molar-refractivity contribution in [1.29, 1.82) is 0 Å². The van der Waals surface area contributed by atoms with Gasteiger partial charge in [0.1, 0.15) is 0 Å². The Labute approximate surface area is 107 Å². The van der Waals surface area contributed by atoms with Crippen molar-refractivity contribution >= 4 is 11.8 Å². The second-order valence-electron chi connectivity index (χ2n) is 4.55. The maximum absolute atomic E-state index is 5.26. The van der Waals surface area contributed by atoms with Gasteiger partial charge in [-0.05, 0) is 26.3 Å². The molecule has 5 heteroatoms. The molecule has 1 aromatic heterocycles. The topological polar surface area (TPSA) is 51.0 Å². The van der Waals surface area contributed by atoms with Crippen LogP contribution in [0.1, 0.15) is 57.3 Å². The van der Waals surface area contributed by atoms with Crippen molar-refractivity contribution in [3.8, 4) is 0 Å². The van der Waals surface area contributed by atoms with Crippen molar-refractivity contribution in [2.45, 2.75) is 56.6 Å². The minimum atomic E-state index is 0.151. The molecule has 1 unspecified atom stereocenters. The summed E-state index contributed by atoms with van der Waals surface area (Å²) in [6, 6.07) is 0.151. The number of hydrogen-bond donors (Lipinski definition) is 1. The van der Waals surface area contributed by atoms with Gasteiger partial charge in [-0.1, -0.05) is 24.9 Å². The molecular formula is C12H21N3OS. The zero-order valence-electron chi connectivity index (χ0n) is 10.6. The van der Waals surface area contributed by atoms with Gasteiger partial charge in [-0.15, -0.1) is 0 Å². The van der Waals surface area contributed by atoms with E-state index in [0.717, 1.165) is 23.4 Å². The first-order chi connectivity index (χ1) is 8.29. The molecule has 0 saturated heterocycles. The van der Waals surface area contributed by atoms with Crippen LogP contribution in [0.25, 0.3) is 0 Å². The fourth-order valence-electron chi connectivity index (χ4n) is 2.14. The molecule has 1 heterocycles. The summed E-state index contributed by atoms with van der Waals surface area (Å²) >= 11 is 1.97. The van der Waals surface area contributed by atoms with E-state index in [0.29, 0.717) is 5.89 Å². The SMILES string of the molecule is CCNC(C)c1nc(CSC2CCCC2)no1. The Balaban J connectivity index is 1.80. The molecule has 1 N–H and O–H groups in total. The quantitative estimate of drug-likeness (QED) is 0.847. The summed E-state index contributed by atoms with van der Waals surface area (Å²) in [5, 5.41) is 8.11.